The smallest absolute Gasteiger partial charge is 0.286 e. The molecule has 25 heavy (non-hydrogen) atoms. The van der Waals surface area contributed by atoms with Crippen molar-refractivity contribution in [3.05, 3.63) is 22.2 Å². The molecule has 0 spiro atoms. The van der Waals surface area contributed by atoms with Gasteiger partial charge in [-0.05, 0) is 37.8 Å². The summed E-state index contributed by atoms with van der Waals surface area (Å²) in [5.41, 5.74) is 0.477. The molecule has 138 valence electrons. The molecule has 2 rings (SSSR count). The molecular formula is C17H25N3O4S. The van der Waals surface area contributed by atoms with Gasteiger partial charge in [-0.15, -0.1) is 11.8 Å². The van der Waals surface area contributed by atoms with E-state index < -0.39 is 4.92 Å². The number of ether oxygens (including phenoxy) is 1. The first-order valence-electron chi connectivity index (χ1n) is 8.53. The highest BCUT2D eigenvalue weighted by Gasteiger charge is 2.26. The van der Waals surface area contributed by atoms with Crippen LogP contribution >= 0.6 is 11.8 Å². The highest BCUT2D eigenvalue weighted by molar-refractivity contribution is 7.99. The number of nitro benzene ring substituents is 1. The molecule has 8 heteroatoms. The van der Waals surface area contributed by atoms with E-state index in [-0.39, 0.29) is 17.6 Å². The Balaban J connectivity index is 2.18. The number of methoxy groups -OCH3 is 1. The van der Waals surface area contributed by atoms with Crippen molar-refractivity contribution in [1.82, 2.24) is 4.90 Å². The predicted octanol–water partition coefficient (Wildman–Crippen LogP) is 3.53. The van der Waals surface area contributed by atoms with Gasteiger partial charge in [0.2, 0.25) is 5.91 Å². The monoisotopic (exact) mass is 367 g/mol. The molecule has 0 radical (unpaired) electrons. The molecule has 1 aliphatic rings. The second-order valence-corrected chi connectivity index (χ2v) is 7.19. The van der Waals surface area contributed by atoms with Gasteiger partial charge >= 0.3 is 0 Å². The molecule has 1 amide bonds. The number of carbonyl (C=O) groups is 1. The van der Waals surface area contributed by atoms with E-state index in [9.17, 15) is 14.9 Å². The lowest BCUT2D eigenvalue weighted by Crippen LogP contribution is -2.32. The van der Waals surface area contributed by atoms with Crippen molar-refractivity contribution in [1.29, 1.82) is 0 Å². The van der Waals surface area contributed by atoms with Crippen LogP contribution < -0.4 is 10.1 Å². The number of carbonyl (C=O) groups excluding carboxylic acids is 1. The third-order valence-corrected chi connectivity index (χ3v) is 5.30. The van der Waals surface area contributed by atoms with Gasteiger partial charge in [-0.2, -0.15) is 0 Å². The highest BCUT2D eigenvalue weighted by atomic mass is 32.2. The van der Waals surface area contributed by atoms with Crippen molar-refractivity contribution in [3.63, 3.8) is 0 Å². The number of anilines is 1. The molecule has 1 atom stereocenters. The minimum absolute atomic E-state index is 0.00495. The Bertz CT molecular complexity index is 639. The summed E-state index contributed by atoms with van der Waals surface area (Å²) in [4.78, 5) is 26.1. The van der Waals surface area contributed by atoms with E-state index in [1.165, 1.54) is 24.9 Å². The number of hydrogen-bond donors (Lipinski definition) is 1. The average molecular weight is 367 g/mol. The molecule has 1 unspecified atom stereocenters. The summed E-state index contributed by atoms with van der Waals surface area (Å²) in [6.45, 7) is 6.00. The minimum atomic E-state index is -0.427. The van der Waals surface area contributed by atoms with Gasteiger partial charge in [0.05, 0.1) is 28.7 Å². The molecule has 0 aromatic heterocycles. The van der Waals surface area contributed by atoms with E-state index in [4.69, 9.17) is 4.74 Å². The van der Waals surface area contributed by atoms with E-state index in [0.29, 0.717) is 28.5 Å². The van der Waals surface area contributed by atoms with Gasteiger partial charge in [-0.3, -0.25) is 14.9 Å². The maximum absolute atomic E-state index is 12.5. The van der Waals surface area contributed by atoms with Crippen molar-refractivity contribution < 1.29 is 14.5 Å². The summed E-state index contributed by atoms with van der Waals surface area (Å²) >= 11 is 1.37. The van der Waals surface area contributed by atoms with E-state index in [1.807, 2.05) is 6.92 Å². The Morgan fingerprint density at radius 2 is 2.24 bits per heavy atom. The first kappa shape index (κ1) is 19.5. The van der Waals surface area contributed by atoms with Crippen molar-refractivity contribution in [2.45, 2.75) is 44.0 Å². The van der Waals surface area contributed by atoms with Crippen LogP contribution in [0.2, 0.25) is 0 Å². The van der Waals surface area contributed by atoms with E-state index in [1.54, 1.807) is 6.07 Å². The number of nitro groups is 1. The van der Waals surface area contributed by atoms with Gasteiger partial charge in [-0.25, -0.2) is 0 Å². The van der Waals surface area contributed by atoms with E-state index in [0.717, 1.165) is 25.9 Å². The first-order chi connectivity index (χ1) is 12.0. The molecule has 1 aromatic rings. The fraction of sp³-hybridized carbons (Fsp3) is 0.588. The zero-order valence-electron chi connectivity index (χ0n) is 14.9. The molecule has 1 fully saturated rings. The van der Waals surface area contributed by atoms with Crippen LogP contribution in [0.5, 0.6) is 5.75 Å². The largest absolute Gasteiger partial charge is 0.494 e. The van der Waals surface area contributed by atoms with Crippen LogP contribution in [-0.2, 0) is 4.79 Å². The number of nitrogens with one attached hydrogen (secondary N) is 1. The van der Waals surface area contributed by atoms with Gasteiger partial charge < -0.3 is 15.0 Å². The van der Waals surface area contributed by atoms with Gasteiger partial charge in [0.15, 0.2) is 0 Å². The summed E-state index contributed by atoms with van der Waals surface area (Å²) < 4.78 is 5.24. The quantitative estimate of drug-likeness (QED) is 0.430. The van der Waals surface area contributed by atoms with E-state index >= 15 is 0 Å². The standard InChI is InChI=1S/C17H25N3O4S/c1-4-19-8-6-7-12(19)9-17(21)18-13-10-16(25-5-2)14(20(22)23)11-15(13)24-3/h10-12H,4-9H2,1-3H3,(H,18,21). The van der Waals surface area contributed by atoms with Crippen molar-refractivity contribution >= 4 is 29.0 Å². The zero-order chi connectivity index (χ0) is 18.4. The molecule has 0 bridgehead atoms. The van der Waals surface area contributed by atoms with E-state index in [2.05, 4.69) is 17.1 Å². The average Bonchev–Trinajstić information content (AvgIpc) is 3.02. The van der Waals surface area contributed by atoms with Crippen LogP contribution in [0.3, 0.4) is 0 Å². The number of thioether (sulfide) groups is 1. The number of likely N-dealkylation sites (tertiary alicyclic amines) is 1. The van der Waals surface area contributed by atoms with Crippen molar-refractivity contribution in [2.75, 3.05) is 31.3 Å². The molecule has 0 aliphatic carbocycles. The number of benzene rings is 1. The SMILES string of the molecule is CCSc1cc(NC(=O)CC2CCCN2CC)c(OC)cc1[N+](=O)[O-]. The number of hydrogen-bond acceptors (Lipinski definition) is 6. The summed E-state index contributed by atoms with van der Waals surface area (Å²) in [5, 5.41) is 14.1. The van der Waals surface area contributed by atoms with Gasteiger partial charge in [0.1, 0.15) is 5.75 Å². The van der Waals surface area contributed by atoms with Crippen molar-refractivity contribution in [3.8, 4) is 5.75 Å². The summed E-state index contributed by atoms with van der Waals surface area (Å²) in [7, 11) is 1.44. The van der Waals surface area contributed by atoms with Gasteiger partial charge in [-0.1, -0.05) is 13.8 Å². The lowest BCUT2D eigenvalue weighted by atomic mass is 10.1. The number of nitrogens with zero attached hydrogens (tertiary/aromatic N) is 2. The molecule has 0 saturated carbocycles. The topological polar surface area (TPSA) is 84.7 Å². The second-order valence-electron chi connectivity index (χ2n) is 5.89. The Labute approximate surface area is 152 Å². The number of rotatable bonds is 8. The molecule has 1 saturated heterocycles. The molecule has 1 aromatic carbocycles. The Morgan fingerprint density at radius 3 is 2.84 bits per heavy atom. The van der Waals surface area contributed by atoms with Crippen molar-refractivity contribution in [2.24, 2.45) is 0 Å². The highest BCUT2D eigenvalue weighted by Crippen LogP contribution is 2.38. The summed E-state index contributed by atoms with van der Waals surface area (Å²) in [6.07, 6.45) is 2.56. The van der Waals surface area contributed by atoms with Crippen LogP contribution in [0.15, 0.2) is 17.0 Å². The normalized spacial score (nSPS) is 17.5. The lowest BCUT2D eigenvalue weighted by Gasteiger charge is -2.22. The fourth-order valence-corrected chi connectivity index (χ4v) is 3.98. The van der Waals surface area contributed by atoms with Gasteiger partial charge in [0, 0.05) is 12.5 Å². The van der Waals surface area contributed by atoms with Crippen LogP contribution in [0.25, 0.3) is 0 Å². The van der Waals surface area contributed by atoms with Crippen LogP contribution in [-0.4, -0.2) is 47.7 Å². The maximum atomic E-state index is 12.5. The van der Waals surface area contributed by atoms with Crippen LogP contribution in [0, 0.1) is 10.1 Å². The minimum Gasteiger partial charge on any atom is -0.494 e. The first-order valence-corrected chi connectivity index (χ1v) is 9.51. The molecular weight excluding hydrogens is 342 g/mol. The Hall–Kier alpha value is -1.80. The maximum Gasteiger partial charge on any atom is 0.286 e. The Kier molecular flexibility index (Phi) is 7.07. The third-order valence-electron chi connectivity index (χ3n) is 4.38. The molecule has 7 nitrogen and oxygen atoms in total. The Morgan fingerprint density at radius 1 is 1.48 bits per heavy atom. The predicted molar refractivity (Wildman–Crippen MR) is 99.6 cm³/mol. The molecule has 1 aliphatic heterocycles. The lowest BCUT2D eigenvalue weighted by molar-refractivity contribution is -0.387. The summed E-state index contributed by atoms with van der Waals surface area (Å²) in [5.74, 6) is 0.915. The van der Waals surface area contributed by atoms with Crippen LogP contribution in [0.1, 0.15) is 33.1 Å². The third kappa shape index (κ3) is 4.85. The van der Waals surface area contributed by atoms with Crippen LogP contribution in [0.4, 0.5) is 11.4 Å². The molecule has 1 N–H and O–H groups in total. The number of amides is 1. The fourth-order valence-electron chi connectivity index (χ4n) is 3.19. The van der Waals surface area contributed by atoms with Gasteiger partial charge in [0.25, 0.3) is 5.69 Å². The molecule has 1 heterocycles. The second kappa shape index (κ2) is 9.05. The summed E-state index contributed by atoms with van der Waals surface area (Å²) in [6, 6.07) is 3.27. The zero-order valence-corrected chi connectivity index (χ0v) is 15.7.